The Hall–Kier alpha value is -2.33. The molecule has 2 N–H and O–H groups in total. The lowest BCUT2D eigenvalue weighted by Crippen LogP contribution is -1.89. The first-order valence-electron chi connectivity index (χ1n) is 7.11. The zero-order chi connectivity index (χ0) is 15.5. The molecule has 1 heterocycles. The number of benzene rings is 2. The maximum Gasteiger partial charge on any atom is 0.118 e. The smallest absolute Gasteiger partial charge is 0.118 e. The number of nitrogen functional groups attached to an aromatic ring is 1. The van der Waals surface area contributed by atoms with Gasteiger partial charge >= 0.3 is 0 Å². The maximum atomic E-state index is 5.75. The second-order valence-corrected chi connectivity index (χ2v) is 6.45. The summed E-state index contributed by atoms with van der Waals surface area (Å²) >= 11 is 1.74. The standard InChI is InChI=1S/C18H18N2OS/c1-12-18(14-5-7-15(19)8-6-14)20-17(22-12)11-13-3-9-16(21-2)10-4-13/h3-10H,11,19H2,1-2H3. The van der Waals surface area contributed by atoms with Gasteiger partial charge < -0.3 is 10.5 Å². The zero-order valence-corrected chi connectivity index (χ0v) is 13.5. The van der Waals surface area contributed by atoms with Gasteiger partial charge in [0.25, 0.3) is 0 Å². The molecule has 3 aromatic rings. The molecule has 0 aliphatic carbocycles. The Morgan fingerprint density at radius 3 is 2.36 bits per heavy atom. The minimum absolute atomic E-state index is 0.773. The number of anilines is 1. The van der Waals surface area contributed by atoms with E-state index in [1.165, 1.54) is 10.4 Å². The van der Waals surface area contributed by atoms with Crippen LogP contribution >= 0.6 is 11.3 Å². The van der Waals surface area contributed by atoms with Gasteiger partial charge in [0.15, 0.2) is 0 Å². The van der Waals surface area contributed by atoms with E-state index in [1.807, 2.05) is 36.4 Å². The Labute approximate surface area is 134 Å². The van der Waals surface area contributed by atoms with Crippen LogP contribution in [0.5, 0.6) is 5.75 Å². The highest BCUT2D eigenvalue weighted by molar-refractivity contribution is 7.12. The van der Waals surface area contributed by atoms with Gasteiger partial charge in [-0.05, 0) is 36.8 Å². The van der Waals surface area contributed by atoms with E-state index in [9.17, 15) is 0 Å². The molecule has 112 valence electrons. The van der Waals surface area contributed by atoms with Crippen molar-refractivity contribution in [2.24, 2.45) is 0 Å². The Kier molecular flexibility index (Phi) is 4.11. The fraction of sp³-hybridized carbons (Fsp3) is 0.167. The van der Waals surface area contributed by atoms with E-state index in [1.54, 1.807) is 18.4 Å². The van der Waals surface area contributed by atoms with Gasteiger partial charge in [-0.25, -0.2) is 4.98 Å². The highest BCUT2D eigenvalue weighted by Crippen LogP contribution is 2.29. The summed E-state index contributed by atoms with van der Waals surface area (Å²) in [6, 6.07) is 16.0. The first kappa shape index (κ1) is 14.6. The molecule has 3 rings (SSSR count). The fourth-order valence-corrected chi connectivity index (χ4v) is 3.34. The summed E-state index contributed by atoms with van der Waals surface area (Å²) in [4.78, 5) is 6.02. The van der Waals surface area contributed by atoms with Crippen molar-refractivity contribution < 1.29 is 4.74 Å². The number of aromatic nitrogens is 1. The molecule has 0 saturated carbocycles. The molecule has 0 saturated heterocycles. The molecule has 0 bridgehead atoms. The van der Waals surface area contributed by atoms with E-state index >= 15 is 0 Å². The van der Waals surface area contributed by atoms with Gasteiger partial charge in [-0.1, -0.05) is 24.3 Å². The van der Waals surface area contributed by atoms with Gasteiger partial charge in [-0.15, -0.1) is 11.3 Å². The molecule has 2 aromatic carbocycles. The van der Waals surface area contributed by atoms with Gasteiger partial charge in [0.1, 0.15) is 5.75 Å². The number of hydrogen-bond donors (Lipinski definition) is 1. The summed E-state index contributed by atoms with van der Waals surface area (Å²) in [6.07, 6.45) is 0.838. The van der Waals surface area contributed by atoms with Crippen LogP contribution in [0, 0.1) is 6.92 Å². The summed E-state index contributed by atoms with van der Waals surface area (Å²) in [5.74, 6) is 0.877. The Morgan fingerprint density at radius 2 is 1.73 bits per heavy atom. The third-order valence-electron chi connectivity index (χ3n) is 3.54. The maximum absolute atomic E-state index is 5.75. The van der Waals surface area contributed by atoms with Crippen LogP contribution in [0.3, 0.4) is 0 Å². The number of nitrogens with two attached hydrogens (primary N) is 1. The second-order valence-electron chi connectivity index (χ2n) is 5.16. The second kappa shape index (κ2) is 6.20. The highest BCUT2D eigenvalue weighted by Gasteiger charge is 2.10. The molecule has 0 amide bonds. The number of aryl methyl sites for hydroxylation is 1. The van der Waals surface area contributed by atoms with E-state index in [-0.39, 0.29) is 0 Å². The molecule has 0 atom stereocenters. The van der Waals surface area contributed by atoms with E-state index in [2.05, 4.69) is 19.1 Å². The number of nitrogens with zero attached hydrogens (tertiary/aromatic N) is 1. The molecule has 4 heteroatoms. The van der Waals surface area contributed by atoms with Crippen LogP contribution in [0.2, 0.25) is 0 Å². The zero-order valence-electron chi connectivity index (χ0n) is 12.7. The molecule has 0 aliphatic rings. The van der Waals surface area contributed by atoms with E-state index in [0.717, 1.165) is 34.1 Å². The first-order chi connectivity index (χ1) is 10.7. The quantitative estimate of drug-likeness (QED) is 0.731. The van der Waals surface area contributed by atoms with Gasteiger partial charge in [-0.2, -0.15) is 0 Å². The number of ether oxygens (including phenoxy) is 1. The molecule has 0 fully saturated rings. The topological polar surface area (TPSA) is 48.1 Å². The molecule has 0 aliphatic heterocycles. The largest absolute Gasteiger partial charge is 0.497 e. The number of methoxy groups -OCH3 is 1. The van der Waals surface area contributed by atoms with Crippen molar-refractivity contribution in [2.75, 3.05) is 12.8 Å². The summed E-state index contributed by atoms with van der Waals surface area (Å²) in [5.41, 5.74) is 9.92. The third-order valence-corrected chi connectivity index (χ3v) is 4.51. The van der Waals surface area contributed by atoms with E-state index < -0.39 is 0 Å². The molecule has 0 radical (unpaired) electrons. The Bertz CT molecular complexity index is 761. The fourth-order valence-electron chi connectivity index (χ4n) is 2.35. The lowest BCUT2D eigenvalue weighted by Gasteiger charge is -2.01. The van der Waals surface area contributed by atoms with Crippen molar-refractivity contribution >= 4 is 17.0 Å². The van der Waals surface area contributed by atoms with Crippen molar-refractivity contribution in [3.63, 3.8) is 0 Å². The van der Waals surface area contributed by atoms with Crippen molar-refractivity contribution in [3.8, 4) is 17.0 Å². The molecular formula is C18H18N2OS. The molecule has 22 heavy (non-hydrogen) atoms. The molecule has 0 unspecified atom stereocenters. The molecule has 0 spiro atoms. The Morgan fingerprint density at radius 1 is 1.05 bits per heavy atom. The monoisotopic (exact) mass is 310 g/mol. The average molecular weight is 310 g/mol. The molecule has 1 aromatic heterocycles. The lowest BCUT2D eigenvalue weighted by molar-refractivity contribution is 0.414. The van der Waals surface area contributed by atoms with Crippen molar-refractivity contribution in [1.29, 1.82) is 0 Å². The van der Waals surface area contributed by atoms with Gasteiger partial charge in [-0.3, -0.25) is 0 Å². The van der Waals surface area contributed by atoms with Gasteiger partial charge in [0.05, 0.1) is 17.8 Å². The predicted octanol–water partition coefficient (Wildman–Crippen LogP) is 4.30. The predicted molar refractivity (Wildman–Crippen MR) is 92.5 cm³/mol. The van der Waals surface area contributed by atoms with Crippen LogP contribution in [0.4, 0.5) is 5.69 Å². The number of thiazole rings is 1. The first-order valence-corrected chi connectivity index (χ1v) is 7.92. The minimum atomic E-state index is 0.773. The summed E-state index contributed by atoms with van der Waals surface area (Å²) in [5, 5.41) is 1.12. The summed E-state index contributed by atoms with van der Waals surface area (Å²) in [7, 11) is 1.68. The van der Waals surface area contributed by atoms with E-state index in [0.29, 0.717) is 0 Å². The van der Waals surface area contributed by atoms with Crippen LogP contribution in [-0.4, -0.2) is 12.1 Å². The van der Waals surface area contributed by atoms with Gasteiger partial charge in [0.2, 0.25) is 0 Å². The van der Waals surface area contributed by atoms with Crippen LogP contribution in [0.25, 0.3) is 11.3 Å². The van der Waals surface area contributed by atoms with Crippen molar-refractivity contribution in [3.05, 3.63) is 64.0 Å². The SMILES string of the molecule is COc1ccc(Cc2nc(-c3ccc(N)cc3)c(C)s2)cc1. The van der Waals surface area contributed by atoms with Crippen LogP contribution < -0.4 is 10.5 Å². The lowest BCUT2D eigenvalue weighted by atomic mass is 10.1. The van der Waals surface area contributed by atoms with Crippen molar-refractivity contribution in [2.45, 2.75) is 13.3 Å². The van der Waals surface area contributed by atoms with Crippen LogP contribution in [0.15, 0.2) is 48.5 Å². The summed E-state index contributed by atoms with van der Waals surface area (Å²) in [6.45, 7) is 2.11. The number of rotatable bonds is 4. The van der Waals surface area contributed by atoms with Crippen LogP contribution in [-0.2, 0) is 6.42 Å². The average Bonchev–Trinajstić information content (AvgIpc) is 2.89. The summed E-state index contributed by atoms with van der Waals surface area (Å²) < 4.78 is 5.19. The molecule has 3 nitrogen and oxygen atoms in total. The normalized spacial score (nSPS) is 10.6. The Balaban J connectivity index is 1.83. The third kappa shape index (κ3) is 3.12. The van der Waals surface area contributed by atoms with Gasteiger partial charge in [0, 0.05) is 22.5 Å². The molecular weight excluding hydrogens is 292 g/mol. The van der Waals surface area contributed by atoms with E-state index in [4.69, 9.17) is 15.5 Å². The minimum Gasteiger partial charge on any atom is -0.497 e. The number of hydrogen-bond acceptors (Lipinski definition) is 4. The highest BCUT2D eigenvalue weighted by atomic mass is 32.1. The van der Waals surface area contributed by atoms with Crippen LogP contribution in [0.1, 0.15) is 15.4 Å². The van der Waals surface area contributed by atoms with Crippen molar-refractivity contribution in [1.82, 2.24) is 4.98 Å².